The number of unbranched alkanes of at least 4 members (excludes halogenated alkanes) is 33. The molecule has 0 aliphatic rings. The summed E-state index contributed by atoms with van der Waals surface area (Å²) in [6.07, 6.45) is 93.9. The van der Waals surface area contributed by atoms with Crippen molar-refractivity contribution in [2.75, 3.05) is 13.2 Å². The smallest absolute Gasteiger partial charge is 0.306 e. The summed E-state index contributed by atoms with van der Waals surface area (Å²) in [4.78, 5) is 38.4. The van der Waals surface area contributed by atoms with Crippen LogP contribution in [0.4, 0.5) is 0 Å². The number of rotatable bonds is 62. The van der Waals surface area contributed by atoms with Gasteiger partial charge in [-0.2, -0.15) is 0 Å². The molecule has 0 aromatic heterocycles. The second kappa shape index (κ2) is 68.6. The normalized spacial score (nSPS) is 12.8. The van der Waals surface area contributed by atoms with E-state index in [-0.39, 0.29) is 31.1 Å². The Morgan fingerprint density at radius 1 is 0.259 bits per heavy atom. The van der Waals surface area contributed by atoms with Crippen LogP contribution in [0.25, 0.3) is 0 Å². The van der Waals surface area contributed by atoms with Crippen molar-refractivity contribution < 1.29 is 28.6 Å². The van der Waals surface area contributed by atoms with Crippen molar-refractivity contribution in [2.24, 2.45) is 0 Å². The topological polar surface area (TPSA) is 78.9 Å². The van der Waals surface area contributed by atoms with E-state index in [1.165, 1.54) is 161 Å². The Morgan fingerprint density at radius 2 is 0.481 bits per heavy atom. The molecule has 0 aliphatic heterocycles. The van der Waals surface area contributed by atoms with Crippen molar-refractivity contribution in [1.82, 2.24) is 0 Å². The number of ether oxygens (including phenoxy) is 3. The Kier molecular flexibility index (Phi) is 65.2. The largest absolute Gasteiger partial charge is 0.462 e. The van der Waals surface area contributed by atoms with Gasteiger partial charge in [-0.1, -0.05) is 316 Å². The standard InChI is InChI=1S/C75H128O6/c1-4-7-10-13-16-19-22-25-28-30-32-33-34-35-36-37-38-39-40-41-43-44-47-50-53-56-59-62-65-68-74(77)80-71-72(70-79-73(76)67-64-61-58-55-52-49-46-27-24-21-18-15-12-9-6-3)81-75(78)69-66-63-60-57-54-51-48-45-42-31-29-26-23-20-17-14-11-8-5-2/h7-8,10-11,16-17,19-20,25-26,28-29,32-33,35-36,42,45,72H,4-6,9,12-15,18,21-24,27,30-31,34,37-41,43-44,46-71H2,1-3H3/b10-7-,11-8-,19-16-,20-17-,28-25-,29-26-,33-32-,36-35-,45-42-. The quantitative estimate of drug-likeness (QED) is 0.0261. The second-order valence-corrected chi connectivity index (χ2v) is 22.7. The first kappa shape index (κ1) is 77.1. The lowest BCUT2D eigenvalue weighted by Gasteiger charge is -2.18. The van der Waals surface area contributed by atoms with Gasteiger partial charge >= 0.3 is 17.9 Å². The van der Waals surface area contributed by atoms with E-state index < -0.39 is 6.10 Å². The van der Waals surface area contributed by atoms with Gasteiger partial charge in [-0.15, -0.1) is 0 Å². The fourth-order valence-corrected chi connectivity index (χ4v) is 9.70. The van der Waals surface area contributed by atoms with Gasteiger partial charge in [0.15, 0.2) is 6.10 Å². The Bertz CT molecular complexity index is 1620. The fourth-order valence-electron chi connectivity index (χ4n) is 9.70. The predicted molar refractivity (Wildman–Crippen MR) is 353 cm³/mol. The molecule has 0 saturated heterocycles. The predicted octanol–water partition coefficient (Wildman–Crippen LogP) is 23.8. The lowest BCUT2D eigenvalue weighted by Crippen LogP contribution is -2.30. The van der Waals surface area contributed by atoms with Gasteiger partial charge in [0, 0.05) is 19.3 Å². The zero-order valence-electron chi connectivity index (χ0n) is 53.3. The van der Waals surface area contributed by atoms with Crippen LogP contribution in [0.2, 0.25) is 0 Å². The Balaban J connectivity index is 4.31. The molecule has 0 bridgehead atoms. The summed E-state index contributed by atoms with van der Waals surface area (Å²) in [5, 5.41) is 0. The molecule has 1 unspecified atom stereocenters. The molecule has 0 aliphatic carbocycles. The van der Waals surface area contributed by atoms with Crippen LogP contribution < -0.4 is 0 Å². The summed E-state index contributed by atoms with van der Waals surface area (Å²) >= 11 is 0. The maximum absolute atomic E-state index is 12.9. The molecule has 81 heavy (non-hydrogen) atoms. The summed E-state index contributed by atoms with van der Waals surface area (Å²) in [5.74, 6) is -0.882. The van der Waals surface area contributed by atoms with Gasteiger partial charge in [-0.3, -0.25) is 14.4 Å². The van der Waals surface area contributed by atoms with Gasteiger partial charge in [0.1, 0.15) is 13.2 Å². The van der Waals surface area contributed by atoms with Crippen molar-refractivity contribution in [3.05, 3.63) is 109 Å². The minimum Gasteiger partial charge on any atom is -0.462 e. The molecule has 0 radical (unpaired) electrons. The Labute approximate surface area is 501 Å². The van der Waals surface area contributed by atoms with Gasteiger partial charge in [0.05, 0.1) is 0 Å². The maximum atomic E-state index is 12.9. The molecule has 6 nitrogen and oxygen atoms in total. The molecule has 0 saturated carbocycles. The molecule has 0 rings (SSSR count). The first-order valence-electron chi connectivity index (χ1n) is 34.4. The van der Waals surface area contributed by atoms with Crippen LogP contribution in [0, 0.1) is 0 Å². The third-order valence-corrected chi connectivity index (χ3v) is 14.8. The van der Waals surface area contributed by atoms with E-state index in [1.54, 1.807) is 0 Å². The number of carbonyl (C=O) groups excluding carboxylic acids is 3. The van der Waals surface area contributed by atoms with E-state index in [2.05, 4.69) is 130 Å². The molecule has 464 valence electrons. The highest BCUT2D eigenvalue weighted by Gasteiger charge is 2.19. The van der Waals surface area contributed by atoms with E-state index in [4.69, 9.17) is 14.2 Å². The van der Waals surface area contributed by atoms with E-state index in [0.717, 1.165) is 128 Å². The minimum absolute atomic E-state index is 0.0811. The summed E-state index contributed by atoms with van der Waals surface area (Å²) in [7, 11) is 0. The summed E-state index contributed by atoms with van der Waals surface area (Å²) in [6.45, 7) is 6.44. The second-order valence-electron chi connectivity index (χ2n) is 22.7. The molecule has 0 fully saturated rings. The van der Waals surface area contributed by atoms with Crippen molar-refractivity contribution in [2.45, 2.75) is 335 Å². The lowest BCUT2D eigenvalue weighted by molar-refractivity contribution is -0.167. The SMILES string of the molecule is CC/C=C\C/C=C\C/C=C\C/C=C\C/C=C\CCCCCCCCCCCCCCCC(=O)OCC(COC(=O)CCCCCCCCCCCCCCCCC)OC(=O)CCCCCCCC/C=C\C/C=C\C/C=C\C/C=C\CC. The third kappa shape index (κ3) is 66.8. The van der Waals surface area contributed by atoms with Crippen molar-refractivity contribution in [3.63, 3.8) is 0 Å². The zero-order valence-corrected chi connectivity index (χ0v) is 53.3. The zero-order chi connectivity index (χ0) is 58.5. The van der Waals surface area contributed by atoms with Gasteiger partial charge in [0.25, 0.3) is 0 Å². The number of hydrogen-bond donors (Lipinski definition) is 0. The molecule has 0 heterocycles. The van der Waals surface area contributed by atoms with Gasteiger partial charge in [0.2, 0.25) is 0 Å². The Morgan fingerprint density at radius 3 is 0.753 bits per heavy atom. The molecule has 6 heteroatoms. The molecule has 0 amide bonds. The average molecular weight is 1130 g/mol. The van der Waals surface area contributed by atoms with Crippen molar-refractivity contribution in [1.29, 1.82) is 0 Å². The Hall–Kier alpha value is -3.93. The van der Waals surface area contributed by atoms with Crippen molar-refractivity contribution in [3.8, 4) is 0 Å². The van der Waals surface area contributed by atoms with Gasteiger partial charge in [-0.25, -0.2) is 0 Å². The maximum Gasteiger partial charge on any atom is 0.306 e. The van der Waals surface area contributed by atoms with Crippen LogP contribution in [-0.4, -0.2) is 37.2 Å². The summed E-state index contributed by atoms with van der Waals surface area (Å²) in [5.41, 5.74) is 0. The van der Waals surface area contributed by atoms with Crippen LogP contribution in [0.3, 0.4) is 0 Å². The van der Waals surface area contributed by atoms with E-state index in [1.807, 2.05) is 0 Å². The van der Waals surface area contributed by atoms with Crippen LogP contribution in [0.5, 0.6) is 0 Å². The van der Waals surface area contributed by atoms with E-state index >= 15 is 0 Å². The van der Waals surface area contributed by atoms with E-state index in [9.17, 15) is 14.4 Å². The molecular formula is C75H128O6. The first-order chi connectivity index (χ1) is 40.0. The van der Waals surface area contributed by atoms with Crippen LogP contribution >= 0.6 is 0 Å². The monoisotopic (exact) mass is 1120 g/mol. The summed E-state index contributed by atoms with van der Waals surface area (Å²) < 4.78 is 17.0. The lowest BCUT2D eigenvalue weighted by atomic mass is 10.0. The highest BCUT2D eigenvalue weighted by molar-refractivity contribution is 5.71. The molecule has 0 aromatic carbocycles. The van der Waals surface area contributed by atoms with Gasteiger partial charge < -0.3 is 14.2 Å². The molecular weight excluding hydrogens is 997 g/mol. The third-order valence-electron chi connectivity index (χ3n) is 14.8. The highest BCUT2D eigenvalue weighted by Crippen LogP contribution is 2.17. The fraction of sp³-hybridized carbons (Fsp3) is 0.720. The van der Waals surface area contributed by atoms with Crippen LogP contribution in [0.1, 0.15) is 329 Å². The number of allylic oxidation sites excluding steroid dienone is 18. The van der Waals surface area contributed by atoms with Crippen LogP contribution in [0.15, 0.2) is 109 Å². The van der Waals surface area contributed by atoms with Crippen LogP contribution in [-0.2, 0) is 28.6 Å². The average Bonchev–Trinajstić information content (AvgIpc) is 3.47. The van der Waals surface area contributed by atoms with E-state index in [0.29, 0.717) is 19.3 Å². The van der Waals surface area contributed by atoms with Gasteiger partial charge in [-0.05, 0) is 103 Å². The molecule has 0 spiro atoms. The summed E-state index contributed by atoms with van der Waals surface area (Å²) in [6, 6.07) is 0. The minimum atomic E-state index is -0.787. The molecule has 1 atom stereocenters. The molecule has 0 N–H and O–H groups in total. The number of esters is 3. The highest BCUT2D eigenvalue weighted by atomic mass is 16.6. The first-order valence-corrected chi connectivity index (χ1v) is 34.4. The van der Waals surface area contributed by atoms with Crippen molar-refractivity contribution >= 4 is 17.9 Å². The molecule has 0 aromatic rings. The number of carbonyl (C=O) groups is 3. The number of hydrogen-bond acceptors (Lipinski definition) is 6.